The van der Waals surface area contributed by atoms with Crippen LogP contribution < -0.4 is 5.32 Å². The maximum Gasteiger partial charge on any atom is 0.0575 e. The fraction of sp³-hybridized carbons (Fsp3) is 0.667. The highest BCUT2D eigenvalue weighted by Crippen LogP contribution is 2.21. The van der Waals surface area contributed by atoms with Crippen LogP contribution in [0.4, 0.5) is 0 Å². The highest BCUT2D eigenvalue weighted by Gasteiger charge is 2.13. The first kappa shape index (κ1) is 16.8. The molecule has 1 unspecified atom stereocenters. The molecule has 2 rings (SSSR count). The molecule has 0 aliphatic heterocycles. The van der Waals surface area contributed by atoms with E-state index in [2.05, 4.69) is 24.4 Å². The van der Waals surface area contributed by atoms with Gasteiger partial charge in [-0.1, -0.05) is 49.9 Å². The van der Waals surface area contributed by atoms with Crippen molar-refractivity contribution >= 4 is 11.6 Å². The van der Waals surface area contributed by atoms with Gasteiger partial charge in [-0.2, -0.15) is 0 Å². The Morgan fingerprint density at radius 3 is 2.57 bits per heavy atom. The molecule has 1 saturated carbocycles. The van der Waals surface area contributed by atoms with Crippen molar-refractivity contribution in [2.45, 2.75) is 64.0 Å². The fourth-order valence-electron chi connectivity index (χ4n) is 3.02. The van der Waals surface area contributed by atoms with Crippen LogP contribution in [-0.2, 0) is 4.74 Å². The Morgan fingerprint density at radius 1 is 1.19 bits per heavy atom. The van der Waals surface area contributed by atoms with Crippen molar-refractivity contribution in [2.24, 2.45) is 0 Å². The minimum atomic E-state index is 0.414. The Kier molecular flexibility index (Phi) is 7.56. The van der Waals surface area contributed by atoms with Crippen LogP contribution in [0.1, 0.15) is 63.5 Å². The summed E-state index contributed by atoms with van der Waals surface area (Å²) in [5.41, 5.74) is 1.31. The lowest BCUT2D eigenvalue weighted by atomic mass is 9.98. The highest BCUT2D eigenvalue weighted by molar-refractivity contribution is 6.30. The Balaban J connectivity index is 1.63. The molecule has 1 aliphatic rings. The largest absolute Gasteiger partial charge is 0.378 e. The van der Waals surface area contributed by atoms with Crippen molar-refractivity contribution in [3.63, 3.8) is 0 Å². The molecule has 1 fully saturated rings. The lowest BCUT2D eigenvalue weighted by Crippen LogP contribution is -2.24. The summed E-state index contributed by atoms with van der Waals surface area (Å²) in [6, 6.07) is 8.57. The van der Waals surface area contributed by atoms with Gasteiger partial charge in [-0.3, -0.25) is 0 Å². The summed E-state index contributed by atoms with van der Waals surface area (Å²) in [6.45, 7) is 4.10. The van der Waals surface area contributed by atoms with E-state index >= 15 is 0 Å². The summed E-state index contributed by atoms with van der Waals surface area (Å²) in [7, 11) is 0. The zero-order chi connectivity index (χ0) is 14.9. The Morgan fingerprint density at radius 2 is 1.90 bits per heavy atom. The molecule has 1 aromatic carbocycles. The molecule has 1 aromatic rings. The molecule has 0 aromatic heterocycles. The van der Waals surface area contributed by atoms with E-state index < -0.39 is 0 Å². The number of halogens is 1. The Hall–Kier alpha value is -0.570. The predicted molar refractivity (Wildman–Crippen MR) is 89.9 cm³/mol. The maximum absolute atomic E-state index is 5.96. The van der Waals surface area contributed by atoms with Gasteiger partial charge in [0.1, 0.15) is 0 Å². The summed E-state index contributed by atoms with van der Waals surface area (Å²) in [5, 5.41) is 4.42. The number of nitrogens with one attached hydrogen (secondary N) is 1. The van der Waals surface area contributed by atoms with Crippen molar-refractivity contribution in [1.82, 2.24) is 5.32 Å². The van der Waals surface area contributed by atoms with E-state index in [0.717, 1.165) is 31.0 Å². The van der Waals surface area contributed by atoms with Gasteiger partial charge < -0.3 is 10.1 Å². The van der Waals surface area contributed by atoms with Crippen LogP contribution in [0.2, 0.25) is 5.02 Å². The van der Waals surface area contributed by atoms with Crippen LogP contribution in [0.3, 0.4) is 0 Å². The minimum absolute atomic E-state index is 0.414. The molecule has 118 valence electrons. The Bertz CT molecular complexity index is 387. The molecule has 1 N–H and O–H groups in total. The zero-order valence-corrected chi connectivity index (χ0v) is 13.9. The lowest BCUT2D eigenvalue weighted by Gasteiger charge is -2.22. The quantitative estimate of drug-likeness (QED) is 0.673. The number of hydrogen-bond donors (Lipinski definition) is 1. The normalized spacial score (nSPS) is 17.8. The molecule has 3 heteroatoms. The van der Waals surface area contributed by atoms with Crippen molar-refractivity contribution in [1.29, 1.82) is 0 Å². The molecular formula is C18H28ClNO. The first-order valence-corrected chi connectivity index (χ1v) is 8.78. The van der Waals surface area contributed by atoms with Crippen LogP contribution in [-0.4, -0.2) is 19.3 Å². The molecule has 2 nitrogen and oxygen atoms in total. The summed E-state index contributed by atoms with van der Waals surface area (Å²) < 4.78 is 5.96. The second kappa shape index (κ2) is 9.45. The van der Waals surface area contributed by atoms with E-state index in [1.54, 1.807) is 0 Å². The number of hydrogen-bond acceptors (Lipinski definition) is 2. The topological polar surface area (TPSA) is 21.3 Å². The number of benzene rings is 1. The Labute approximate surface area is 134 Å². The van der Waals surface area contributed by atoms with Crippen molar-refractivity contribution in [3.05, 3.63) is 34.9 Å². The van der Waals surface area contributed by atoms with Crippen molar-refractivity contribution < 1.29 is 4.74 Å². The third kappa shape index (κ3) is 5.98. The minimum Gasteiger partial charge on any atom is -0.378 e. The molecule has 0 spiro atoms. The van der Waals surface area contributed by atoms with Gasteiger partial charge in [0.15, 0.2) is 0 Å². The van der Waals surface area contributed by atoms with Gasteiger partial charge in [0.2, 0.25) is 0 Å². The van der Waals surface area contributed by atoms with Crippen molar-refractivity contribution in [2.75, 3.05) is 13.2 Å². The van der Waals surface area contributed by atoms with Gasteiger partial charge in [-0.15, -0.1) is 0 Å². The van der Waals surface area contributed by atoms with Gasteiger partial charge in [-0.05, 0) is 49.9 Å². The third-order valence-corrected chi connectivity index (χ3v) is 4.55. The maximum atomic E-state index is 5.96. The van der Waals surface area contributed by atoms with E-state index in [1.165, 1.54) is 37.7 Å². The molecular weight excluding hydrogens is 282 g/mol. The summed E-state index contributed by atoms with van der Waals surface area (Å²) in [5.74, 6) is 0. The molecule has 0 saturated heterocycles. The summed E-state index contributed by atoms with van der Waals surface area (Å²) in [6.07, 6.45) is 9.30. The molecule has 0 amide bonds. The third-order valence-electron chi connectivity index (χ3n) is 4.30. The predicted octanol–water partition coefficient (Wildman–Crippen LogP) is 5.12. The molecule has 0 radical (unpaired) electrons. The standard InChI is InChI=1S/C18H28ClNO/c1-2-18(15-9-11-16(19)12-10-15)20-13-6-14-21-17-7-4-3-5-8-17/h9-12,17-18,20H,2-8,13-14H2,1H3. The second-order valence-electron chi connectivity index (χ2n) is 5.95. The van der Waals surface area contributed by atoms with Crippen LogP contribution in [0.15, 0.2) is 24.3 Å². The van der Waals surface area contributed by atoms with Gasteiger partial charge >= 0.3 is 0 Å². The monoisotopic (exact) mass is 309 g/mol. The van der Waals surface area contributed by atoms with Crippen LogP contribution in [0.5, 0.6) is 0 Å². The van der Waals surface area contributed by atoms with E-state index in [-0.39, 0.29) is 0 Å². The highest BCUT2D eigenvalue weighted by atomic mass is 35.5. The number of ether oxygens (including phenoxy) is 1. The first-order valence-electron chi connectivity index (χ1n) is 8.40. The van der Waals surface area contributed by atoms with Crippen LogP contribution >= 0.6 is 11.6 Å². The summed E-state index contributed by atoms with van der Waals surface area (Å²) >= 11 is 5.94. The second-order valence-corrected chi connectivity index (χ2v) is 6.39. The molecule has 0 heterocycles. The average molecular weight is 310 g/mol. The molecule has 1 aliphatic carbocycles. The summed E-state index contributed by atoms with van der Waals surface area (Å²) in [4.78, 5) is 0. The fourth-order valence-corrected chi connectivity index (χ4v) is 3.15. The molecule has 1 atom stereocenters. The SMILES string of the molecule is CCC(NCCCOC1CCCCC1)c1ccc(Cl)cc1. The average Bonchev–Trinajstić information content (AvgIpc) is 2.53. The lowest BCUT2D eigenvalue weighted by molar-refractivity contribution is 0.0271. The van der Waals surface area contributed by atoms with Crippen LogP contribution in [0.25, 0.3) is 0 Å². The molecule has 0 bridgehead atoms. The van der Waals surface area contributed by atoms with E-state index in [4.69, 9.17) is 16.3 Å². The van der Waals surface area contributed by atoms with E-state index in [9.17, 15) is 0 Å². The van der Waals surface area contributed by atoms with E-state index in [1.807, 2.05) is 12.1 Å². The van der Waals surface area contributed by atoms with Gasteiger partial charge in [0.25, 0.3) is 0 Å². The molecule has 21 heavy (non-hydrogen) atoms. The van der Waals surface area contributed by atoms with Gasteiger partial charge in [0.05, 0.1) is 6.10 Å². The first-order chi connectivity index (χ1) is 10.3. The van der Waals surface area contributed by atoms with Gasteiger partial charge in [0, 0.05) is 17.7 Å². The van der Waals surface area contributed by atoms with E-state index in [0.29, 0.717) is 12.1 Å². The van der Waals surface area contributed by atoms with Crippen LogP contribution in [0, 0.1) is 0 Å². The van der Waals surface area contributed by atoms with Crippen molar-refractivity contribution in [3.8, 4) is 0 Å². The van der Waals surface area contributed by atoms with Gasteiger partial charge in [-0.25, -0.2) is 0 Å². The zero-order valence-electron chi connectivity index (χ0n) is 13.1. The number of rotatable bonds is 8. The smallest absolute Gasteiger partial charge is 0.0575 e.